The standard InChI is InChI=1S/C15H19FO3/c1-10-13-7-8-14(15(2,18-10)19-13)17-9-11-5-3-4-6-12(11)16/h3-6,10,13-14H,7-9H2,1-2H3. The molecule has 1 aromatic carbocycles. The van der Waals surface area contributed by atoms with Gasteiger partial charge in [0.05, 0.1) is 18.8 Å². The van der Waals surface area contributed by atoms with Gasteiger partial charge >= 0.3 is 0 Å². The molecule has 3 nitrogen and oxygen atoms in total. The van der Waals surface area contributed by atoms with E-state index in [-0.39, 0.29) is 30.7 Å². The van der Waals surface area contributed by atoms with Gasteiger partial charge in [0, 0.05) is 5.56 Å². The van der Waals surface area contributed by atoms with Crippen LogP contribution in [0.3, 0.4) is 0 Å². The molecule has 0 spiro atoms. The maximum atomic E-state index is 13.5. The van der Waals surface area contributed by atoms with Crippen LogP contribution in [-0.2, 0) is 20.8 Å². The monoisotopic (exact) mass is 266 g/mol. The molecule has 4 atom stereocenters. The molecule has 4 heteroatoms. The number of hydrogen-bond acceptors (Lipinski definition) is 3. The third-order valence-corrected chi connectivity index (χ3v) is 4.02. The maximum Gasteiger partial charge on any atom is 0.192 e. The molecule has 3 rings (SSSR count). The van der Waals surface area contributed by atoms with Crippen LogP contribution in [0.25, 0.3) is 0 Å². The predicted octanol–water partition coefficient (Wildman–Crippen LogP) is 3.02. The summed E-state index contributed by atoms with van der Waals surface area (Å²) in [6, 6.07) is 6.67. The number of ether oxygens (including phenoxy) is 3. The number of hydrogen-bond donors (Lipinski definition) is 0. The second-order valence-electron chi connectivity index (χ2n) is 5.46. The van der Waals surface area contributed by atoms with E-state index in [0.29, 0.717) is 5.56 Å². The second kappa shape index (κ2) is 4.85. The normalized spacial score (nSPS) is 37.5. The number of halogens is 1. The van der Waals surface area contributed by atoms with Crippen molar-refractivity contribution < 1.29 is 18.6 Å². The summed E-state index contributed by atoms with van der Waals surface area (Å²) < 4.78 is 31.1. The smallest absolute Gasteiger partial charge is 0.192 e. The number of benzene rings is 1. The molecule has 2 fully saturated rings. The molecule has 0 saturated carbocycles. The van der Waals surface area contributed by atoms with Crippen molar-refractivity contribution in [2.45, 2.75) is 57.4 Å². The Morgan fingerprint density at radius 1 is 1.32 bits per heavy atom. The van der Waals surface area contributed by atoms with E-state index in [2.05, 4.69) is 0 Å². The van der Waals surface area contributed by atoms with Gasteiger partial charge in [-0.25, -0.2) is 4.39 Å². The van der Waals surface area contributed by atoms with Crippen molar-refractivity contribution in [2.75, 3.05) is 0 Å². The molecule has 2 aliphatic rings. The topological polar surface area (TPSA) is 27.7 Å². The molecular formula is C15H19FO3. The van der Waals surface area contributed by atoms with Crippen LogP contribution in [0.15, 0.2) is 24.3 Å². The minimum absolute atomic E-state index is 0.104. The summed E-state index contributed by atoms with van der Waals surface area (Å²) in [4.78, 5) is 0. The second-order valence-corrected chi connectivity index (χ2v) is 5.46. The predicted molar refractivity (Wildman–Crippen MR) is 68.0 cm³/mol. The zero-order valence-electron chi connectivity index (χ0n) is 11.3. The molecule has 0 aromatic heterocycles. The van der Waals surface area contributed by atoms with Gasteiger partial charge in [-0.3, -0.25) is 0 Å². The Balaban J connectivity index is 1.66. The Labute approximate surface area is 112 Å². The lowest BCUT2D eigenvalue weighted by molar-refractivity contribution is -0.252. The van der Waals surface area contributed by atoms with Gasteiger partial charge in [0.25, 0.3) is 0 Å². The van der Waals surface area contributed by atoms with E-state index in [0.717, 1.165) is 12.8 Å². The molecule has 19 heavy (non-hydrogen) atoms. The van der Waals surface area contributed by atoms with Gasteiger partial charge in [-0.05, 0) is 32.8 Å². The van der Waals surface area contributed by atoms with E-state index < -0.39 is 5.79 Å². The van der Waals surface area contributed by atoms with Crippen LogP contribution >= 0.6 is 0 Å². The lowest BCUT2D eigenvalue weighted by Gasteiger charge is -2.36. The highest BCUT2D eigenvalue weighted by atomic mass is 19.1. The van der Waals surface area contributed by atoms with E-state index in [1.807, 2.05) is 19.9 Å². The summed E-state index contributed by atoms with van der Waals surface area (Å²) in [5.74, 6) is -0.920. The van der Waals surface area contributed by atoms with Crippen LogP contribution in [0.1, 0.15) is 32.3 Å². The van der Waals surface area contributed by atoms with Gasteiger partial charge in [-0.15, -0.1) is 0 Å². The highest BCUT2D eigenvalue weighted by Crippen LogP contribution is 2.41. The highest BCUT2D eigenvalue weighted by molar-refractivity contribution is 5.16. The Bertz CT molecular complexity index is 460. The quantitative estimate of drug-likeness (QED) is 0.841. The van der Waals surface area contributed by atoms with Crippen molar-refractivity contribution in [3.05, 3.63) is 35.6 Å². The van der Waals surface area contributed by atoms with E-state index in [4.69, 9.17) is 14.2 Å². The lowest BCUT2D eigenvalue weighted by atomic mass is 10.00. The first kappa shape index (κ1) is 13.0. The van der Waals surface area contributed by atoms with Crippen LogP contribution in [0, 0.1) is 5.82 Å². The zero-order chi connectivity index (χ0) is 13.5. The van der Waals surface area contributed by atoms with E-state index in [9.17, 15) is 4.39 Å². The fourth-order valence-corrected chi connectivity index (χ4v) is 2.93. The SMILES string of the molecule is CC1OC2(C)OC1CCC2OCc1ccccc1F. The highest BCUT2D eigenvalue weighted by Gasteiger charge is 2.52. The molecule has 4 unspecified atom stereocenters. The first-order valence-corrected chi connectivity index (χ1v) is 6.79. The summed E-state index contributed by atoms with van der Waals surface area (Å²) >= 11 is 0. The van der Waals surface area contributed by atoms with Gasteiger partial charge < -0.3 is 14.2 Å². The Morgan fingerprint density at radius 3 is 2.89 bits per heavy atom. The van der Waals surface area contributed by atoms with Crippen LogP contribution < -0.4 is 0 Å². The first-order valence-electron chi connectivity index (χ1n) is 6.79. The average molecular weight is 266 g/mol. The van der Waals surface area contributed by atoms with Gasteiger partial charge in [0.1, 0.15) is 11.9 Å². The van der Waals surface area contributed by atoms with Crippen LogP contribution in [-0.4, -0.2) is 24.1 Å². The van der Waals surface area contributed by atoms with Gasteiger partial charge in [0.15, 0.2) is 5.79 Å². The molecule has 2 aliphatic heterocycles. The van der Waals surface area contributed by atoms with E-state index in [1.54, 1.807) is 12.1 Å². The molecular weight excluding hydrogens is 247 g/mol. The molecule has 0 N–H and O–H groups in total. The van der Waals surface area contributed by atoms with E-state index in [1.165, 1.54) is 6.07 Å². The Morgan fingerprint density at radius 2 is 2.11 bits per heavy atom. The average Bonchev–Trinajstić information content (AvgIpc) is 2.61. The van der Waals surface area contributed by atoms with Crippen molar-refractivity contribution in [2.24, 2.45) is 0 Å². The molecule has 0 radical (unpaired) electrons. The Hall–Kier alpha value is -0.970. The van der Waals surface area contributed by atoms with Crippen LogP contribution in [0.2, 0.25) is 0 Å². The summed E-state index contributed by atoms with van der Waals surface area (Å²) in [5.41, 5.74) is 0.569. The van der Waals surface area contributed by atoms with Gasteiger partial charge in [0.2, 0.25) is 0 Å². The van der Waals surface area contributed by atoms with Crippen LogP contribution in [0.5, 0.6) is 0 Å². The third kappa shape index (κ3) is 2.40. The Kier molecular flexibility index (Phi) is 3.33. The van der Waals surface area contributed by atoms with Crippen LogP contribution in [0.4, 0.5) is 4.39 Å². The molecule has 0 aliphatic carbocycles. The summed E-state index contributed by atoms with van der Waals surface area (Å²) in [6.07, 6.45) is 1.94. The van der Waals surface area contributed by atoms with Gasteiger partial charge in [-0.1, -0.05) is 18.2 Å². The summed E-state index contributed by atoms with van der Waals surface area (Å²) in [5, 5.41) is 0. The van der Waals surface area contributed by atoms with Crippen molar-refractivity contribution in [1.29, 1.82) is 0 Å². The lowest BCUT2D eigenvalue weighted by Crippen LogP contribution is -2.45. The van der Waals surface area contributed by atoms with Crippen molar-refractivity contribution >= 4 is 0 Å². The minimum Gasteiger partial charge on any atom is -0.368 e. The summed E-state index contributed by atoms with van der Waals surface area (Å²) in [6.45, 7) is 4.18. The first-order chi connectivity index (χ1) is 9.08. The van der Waals surface area contributed by atoms with Crippen molar-refractivity contribution in [1.82, 2.24) is 0 Å². The fraction of sp³-hybridized carbons (Fsp3) is 0.600. The molecule has 2 saturated heterocycles. The maximum absolute atomic E-state index is 13.5. The summed E-state index contributed by atoms with van der Waals surface area (Å²) in [7, 11) is 0. The molecule has 2 bridgehead atoms. The van der Waals surface area contributed by atoms with E-state index >= 15 is 0 Å². The third-order valence-electron chi connectivity index (χ3n) is 4.02. The van der Waals surface area contributed by atoms with Crippen molar-refractivity contribution in [3.63, 3.8) is 0 Å². The molecule has 2 heterocycles. The largest absolute Gasteiger partial charge is 0.368 e. The number of rotatable bonds is 3. The molecule has 1 aromatic rings. The molecule has 104 valence electrons. The van der Waals surface area contributed by atoms with Crippen molar-refractivity contribution in [3.8, 4) is 0 Å². The minimum atomic E-state index is -0.687. The fourth-order valence-electron chi connectivity index (χ4n) is 2.93. The zero-order valence-corrected chi connectivity index (χ0v) is 11.3. The van der Waals surface area contributed by atoms with Gasteiger partial charge in [-0.2, -0.15) is 0 Å². The molecule has 0 amide bonds. The number of fused-ring (bicyclic) bond motifs is 2.